The van der Waals surface area contributed by atoms with Crippen LogP contribution in [0.3, 0.4) is 0 Å². The van der Waals surface area contributed by atoms with E-state index >= 15 is 0 Å². The predicted octanol–water partition coefficient (Wildman–Crippen LogP) is 2.41. The van der Waals surface area contributed by atoms with Crippen LogP contribution in [0.1, 0.15) is 12.0 Å². The van der Waals surface area contributed by atoms with Crippen LogP contribution in [-0.4, -0.2) is 31.4 Å². The highest BCUT2D eigenvalue weighted by Crippen LogP contribution is 2.22. The molecule has 0 aromatic heterocycles. The van der Waals surface area contributed by atoms with E-state index in [0.717, 1.165) is 7.11 Å². The van der Waals surface area contributed by atoms with Gasteiger partial charge in [0.25, 0.3) is 0 Å². The van der Waals surface area contributed by atoms with Crippen molar-refractivity contribution in [1.82, 2.24) is 5.32 Å². The molecule has 1 rings (SSSR count). The van der Waals surface area contributed by atoms with Crippen molar-refractivity contribution in [3.05, 3.63) is 35.9 Å². The van der Waals surface area contributed by atoms with Gasteiger partial charge in [0, 0.05) is 0 Å². The fraction of sp³-hybridized carbons (Fsp3) is 0.385. The zero-order valence-electron chi connectivity index (χ0n) is 11.1. The molecule has 8 heteroatoms. The fourth-order valence-corrected chi connectivity index (χ4v) is 1.47. The fourth-order valence-electron chi connectivity index (χ4n) is 1.47. The van der Waals surface area contributed by atoms with E-state index in [1.54, 1.807) is 30.3 Å². The van der Waals surface area contributed by atoms with Crippen molar-refractivity contribution in [3.8, 4) is 0 Å². The van der Waals surface area contributed by atoms with E-state index < -0.39 is 30.7 Å². The number of nitrogens with one attached hydrogen (secondary N) is 1. The van der Waals surface area contributed by atoms with Gasteiger partial charge in [-0.15, -0.1) is 0 Å². The molecule has 0 unspecified atom stereocenters. The third-order valence-electron chi connectivity index (χ3n) is 2.43. The number of rotatable bonds is 5. The van der Waals surface area contributed by atoms with Gasteiger partial charge in [-0.25, -0.2) is 9.59 Å². The largest absolute Gasteiger partial charge is 0.467 e. The number of carbonyl (C=O) groups is 2. The van der Waals surface area contributed by atoms with E-state index in [0.29, 0.717) is 5.56 Å². The number of hydrogen-bond donors (Lipinski definition) is 1. The maximum absolute atomic E-state index is 12.3. The number of ether oxygens (including phenoxy) is 2. The number of alkyl halides is 3. The van der Waals surface area contributed by atoms with Gasteiger partial charge in [-0.2, -0.15) is 13.2 Å². The van der Waals surface area contributed by atoms with Gasteiger partial charge < -0.3 is 14.8 Å². The Morgan fingerprint density at radius 2 is 1.86 bits per heavy atom. The van der Waals surface area contributed by atoms with Gasteiger partial charge in [0.05, 0.1) is 13.5 Å². The summed E-state index contributed by atoms with van der Waals surface area (Å²) in [6, 6.07) is 6.73. The third-order valence-corrected chi connectivity index (χ3v) is 2.43. The summed E-state index contributed by atoms with van der Waals surface area (Å²) < 4.78 is 45.9. The molecule has 0 aliphatic rings. The topological polar surface area (TPSA) is 64.6 Å². The maximum Gasteiger partial charge on any atom is 0.408 e. The molecule has 0 saturated heterocycles. The first-order valence-electron chi connectivity index (χ1n) is 5.93. The molecule has 1 amide bonds. The van der Waals surface area contributed by atoms with Gasteiger partial charge in [0.15, 0.2) is 0 Å². The number of benzene rings is 1. The minimum atomic E-state index is -4.62. The molecular weight excluding hydrogens is 291 g/mol. The molecule has 1 aromatic carbocycles. The SMILES string of the molecule is COC(=O)[C@H](CC(F)(F)F)NC(=O)OCc1ccccc1. The van der Waals surface area contributed by atoms with Gasteiger partial charge in [-0.3, -0.25) is 0 Å². The van der Waals surface area contributed by atoms with Gasteiger partial charge in [-0.05, 0) is 5.56 Å². The van der Waals surface area contributed by atoms with Gasteiger partial charge in [0.1, 0.15) is 12.6 Å². The van der Waals surface area contributed by atoms with Crippen molar-refractivity contribution in [2.24, 2.45) is 0 Å². The highest BCUT2D eigenvalue weighted by Gasteiger charge is 2.37. The van der Waals surface area contributed by atoms with E-state index in [9.17, 15) is 22.8 Å². The summed E-state index contributed by atoms with van der Waals surface area (Å²) in [7, 11) is 0.933. The maximum atomic E-state index is 12.3. The van der Waals surface area contributed by atoms with E-state index in [1.165, 1.54) is 0 Å². The molecule has 0 radical (unpaired) electrons. The third kappa shape index (κ3) is 6.64. The summed E-state index contributed by atoms with van der Waals surface area (Å²) in [6.45, 7) is -0.118. The molecule has 1 N–H and O–H groups in total. The van der Waals surface area contributed by atoms with Crippen molar-refractivity contribution in [3.63, 3.8) is 0 Å². The molecule has 21 heavy (non-hydrogen) atoms. The summed E-state index contributed by atoms with van der Waals surface area (Å²) in [5, 5.41) is 1.84. The number of alkyl carbamates (subject to hydrolysis) is 1. The Morgan fingerprint density at radius 3 is 2.38 bits per heavy atom. The summed E-state index contributed by atoms with van der Waals surface area (Å²) in [5.41, 5.74) is 0.665. The lowest BCUT2D eigenvalue weighted by molar-refractivity contribution is -0.160. The van der Waals surface area contributed by atoms with Crippen LogP contribution in [-0.2, 0) is 20.9 Å². The molecule has 0 heterocycles. The van der Waals surface area contributed by atoms with Crippen LogP contribution in [0.2, 0.25) is 0 Å². The lowest BCUT2D eigenvalue weighted by Gasteiger charge is -2.17. The second-order valence-electron chi connectivity index (χ2n) is 4.10. The van der Waals surface area contributed by atoms with Gasteiger partial charge in [0.2, 0.25) is 0 Å². The van der Waals surface area contributed by atoms with Crippen LogP contribution in [0, 0.1) is 0 Å². The first kappa shape index (κ1) is 16.8. The molecule has 116 valence electrons. The molecule has 0 bridgehead atoms. The monoisotopic (exact) mass is 305 g/mol. The van der Waals surface area contributed by atoms with E-state index in [4.69, 9.17) is 4.74 Å². The number of esters is 1. The Bertz CT molecular complexity index is 476. The van der Waals surface area contributed by atoms with Crippen LogP contribution in [0.25, 0.3) is 0 Å². The van der Waals surface area contributed by atoms with E-state index in [-0.39, 0.29) is 6.61 Å². The predicted molar refractivity (Wildman–Crippen MR) is 66.2 cm³/mol. The smallest absolute Gasteiger partial charge is 0.408 e. The molecule has 5 nitrogen and oxygen atoms in total. The average molecular weight is 305 g/mol. The van der Waals surface area contributed by atoms with Crippen molar-refractivity contribution in [1.29, 1.82) is 0 Å². The van der Waals surface area contributed by atoms with Crippen LogP contribution in [0.5, 0.6) is 0 Å². The van der Waals surface area contributed by atoms with Crippen LogP contribution >= 0.6 is 0 Å². The summed E-state index contributed by atoms with van der Waals surface area (Å²) in [6.07, 6.45) is -7.27. The first-order chi connectivity index (χ1) is 9.81. The Kier molecular flexibility index (Phi) is 6.01. The normalized spacial score (nSPS) is 12.4. The number of methoxy groups -OCH3 is 1. The number of carbonyl (C=O) groups excluding carboxylic acids is 2. The number of hydrogen-bond acceptors (Lipinski definition) is 4. The zero-order chi connectivity index (χ0) is 15.9. The van der Waals surface area contributed by atoms with Gasteiger partial charge in [-0.1, -0.05) is 30.3 Å². The van der Waals surface area contributed by atoms with E-state index in [1.807, 2.05) is 5.32 Å². The van der Waals surface area contributed by atoms with Crippen molar-refractivity contribution < 1.29 is 32.2 Å². The molecular formula is C13H14F3NO4. The quantitative estimate of drug-likeness (QED) is 0.848. The Balaban J connectivity index is 2.54. The van der Waals surface area contributed by atoms with Crippen molar-refractivity contribution in [2.75, 3.05) is 7.11 Å². The minimum Gasteiger partial charge on any atom is -0.467 e. The van der Waals surface area contributed by atoms with Crippen LogP contribution in [0.15, 0.2) is 30.3 Å². The molecule has 1 atom stereocenters. The second kappa shape index (κ2) is 7.51. The summed E-state index contributed by atoms with van der Waals surface area (Å²) >= 11 is 0. The molecule has 0 aliphatic heterocycles. The molecule has 0 fully saturated rings. The standard InChI is InChI=1S/C13H14F3NO4/c1-20-11(18)10(7-13(14,15)16)17-12(19)21-8-9-5-3-2-4-6-9/h2-6,10H,7-8H2,1H3,(H,17,19)/t10-/m0/s1. The number of halogens is 3. The van der Waals surface area contributed by atoms with Crippen molar-refractivity contribution in [2.45, 2.75) is 25.2 Å². The number of amides is 1. The first-order valence-corrected chi connectivity index (χ1v) is 5.93. The van der Waals surface area contributed by atoms with E-state index in [2.05, 4.69) is 4.74 Å². The lowest BCUT2D eigenvalue weighted by Crippen LogP contribution is -2.44. The van der Waals surface area contributed by atoms with Crippen molar-refractivity contribution >= 4 is 12.1 Å². The Hall–Kier alpha value is -2.25. The zero-order valence-corrected chi connectivity index (χ0v) is 11.1. The minimum absolute atomic E-state index is 0.118. The van der Waals surface area contributed by atoms with Gasteiger partial charge >= 0.3 is 18.2 Å². The molecule has 1 aromatic rings. The summed E-state index contributed by atoms with van der Waals surface area (Å²) in [5.74, 6) is -1.19. The average Bonchev–Trinajstić information content (AvgIpc) is 2.43. The lowest BCUT2D eigenvalue weighted by atomic mass is 10.2. The van der Waals surface area contributed by atoms with Crippen LogP contribution < -0.4 is 5.32 Å². The highest BCUT2D eigenvalue weighted by atomic mass is 19.4. The Labute approximate surface area is 119 Å². The molecule has 0 saturated carbocycles. The van der Waals surface area contributed by atoms with Crippen LogP contribution in [0.4, 0.5) is 18.0 Å². The second-order valence-corrected chi connectivity index (χ2v) is 4.10. The summed E-state index contributed by atoms with van der Waals surface area (Å²) in [4.78, 5) is 22.6. The molecule has 0 aliphatic carbocycles. The highest BCUT2D eigenvalue weighted by molar-refractivity contribution is 5.81. The Morgan fingerprint density at radius 1 is 1.24 bits per heavy atom. The molecule has 0 spiro atoms.